The Morgan fingerprint density at radius 1 is 0.705 bits per heavy atom. The van der Waals surface area contributed by atoms with Gasteiger partial charge in [-0.3, -0.25) is 19.2 Å². The first-order valence-corrected chi connectivity index (χ1v) is 20.9. The number of alkyl halides is 2. The van der Waals surface area contributed by atoms with Gasteiger partial charge >= 0.3 is 0 Å². The third-order valence-corrected chi connectivity index (χ3v) is 12.0. The van der Waals surface area contributed by atoms with Gasteiger partial charge in [0.25, 0.3) is 0 Å². The molecule has 0 radical (unpaired) electrons. The summed E-state index contributed by atoms with van der Waals surface area (Å²) in [7, 11) is 3.26. The number of likely N-dealkylation sites (N-methyl/N-ethyl adjacent to an activating group) is 2. The van der Waals surface area contributed by atoms with Crippen molar-refractivity contribution >= 4 is 45.7 Å². The van der Waals surface area contributed by atoms with Gasteiger partial charge in [-0.2, -0.15) is 0 Å². The minimum atomic E-state index is -1.38. The molecule has 2 unspecified atom stereocenters. The first kappa shape index (κ1) is 45.4. The summed E-state index contributed by atoms with van der Waals surface area (Å²) >= 11 is 0. The molecule has 61 heavy (non-hydrogen) atoms. The lowest BCUT2D eigenvalue weighted by Gasteiger charge is -2.36. The highest BCUT2D eigenvalue weighted by Crippen LogP contribution is 2.34. The summed E-state index contributed by atoms with van der Waals surface area (Å²) in [5.41, 5.74) is 0.632. The number of hydrogen-bond acceptors (Lipinski definition) is 8. The van der Waals surface area contributed by atoms with Crippen LogP contribution >= 0.6 is 0 Å². The van der Waals surface area contributed by atoms with Crippen LogP contribution in [0, 0.1) is 23.0 Å². The van der Waals surface area contributed by atoms with Crippen molar-refractivity contribution in [2.24, 2.45) is 11.3 Å². The molecule has 8 atom stereocenters. The van der Waals surface area contributed by atoms with Crippen LogP contribution in [0.2, 0.25) is 0 Å². The number of rotatable bonds is 14. The molecule has 2 saturated heterocycles. The van der Waals surface area contributed by atoms with Crippen molar-refractivity contribution in [3.63, 3.8) is 0 Å². The fourth-order valence-corrected chi connectivity index (χ4v) is 8.26. The minimum absolute atomic E-state index is 0.00847. The van der Waals surface area contributed by atoms with E-state index in [0.717, 1.165) is 0 Å². The highest BCUT2D eigenvalue weighted by molar-refractivity contribution is 5.91. The van der Waals surface area contributed by atoms with Gasteiger partial charge in [0.2, 0.25) is 23.6 Å². The number of carbonyl (C=O) groups is 4. The SMILES string of the molecule is CN[C@H](C)C(=O)N[C@@H](C(=O)N1CC(F)C[C@H]1Cn1c(-c2nc3cc(F)ccc3n2C[C@@H]2CC(F)CN2C(=O)[C@H](NC(=O)[C@@H](C)NC)C(C)(C)C)nc2cc(F)ccc21)C(C)C. The lowest BCUT2D eigenvalue weighted by atomic mass is 9.85. The highest BCUT2D eigenvalue weighted by Gasteiger charge is 2.44. The Balaban J connectivity index is 1.42. The smallest absolute Gasteiger partial charge is 0.246 e. The van der Waals surface area contributed by atoms with Crippen LogP contribution in [0.3, 0.4) is 0 Å². The summed E-state index contributed by atoms with van der Waals surface area (Å²) in [5, 5.41) is 11.4. The van der Waals surface area contributed by atoms with Gasteiger partial charge < -0.3 is 40.2 Å². The Morgan fingerprint density at radius 2 is 1.13 bits per heavy atom. The molecule has 6 rings (SSSR count). The Kier molecular flexibility index (Phi) is 13.5. The number of amides is 4. The van der Waals surface area contributed by atoms with E-state index in [1.54, 1.807) is 50.9 Å². The molecule has 4 amide bonds. The van der Waals surface area contributed by atoms with E-state index in [1.165, 1.54) is 46.2 Å². The average Bonchev–Trinajstić information content (AvgIpc) is 3.96. The van der Waals surface area contributed by atoms with E-state index in [-0.39, 0.29) is 73.5 Å². The molecule has 332 valence electrons. The predicted octanol–water partition coefficient (Wildman–Crippen LogP) is 4.10. The number of fused-ring (bicyclic) bond motifs is 2. The normalized spacial score (nSPS) is 21.6. The van der Waals surface area contributed by atoms with Gasteiger partial charge in [-0.1, -0.05) is 34.6 Å². The first-order chi connectivity index (χ1) is 28.7. The highest BCUT2D eigenvalue weighted by atomic mass is 19.1. The largest absolute Gasteiger partial charge is 0.343 e. The number of carbonyl (C=O) groups excluding carboxylic acids is 4. The third-order valence-electron chi connectivity index (χ3n) is 12.0. The number of aromatic nitrogens is 4. The molecule has 0 saturated carbocycles. The molecule has 4 heterocycles. The second kappa shape index (κ2) is 18.1. The topological polar surface area (TPSA) is 159 Å². The van der Waals surface area contributed by atoms with Crippen LogP contribution in [-0.2, 0) is 32.3 Å². The molecule has 18 heteroatoms. The third kappa shape index (κ3) is 9.54. The number of nitrogens with zero attached hydrogens (tertiary/aromatic N) is 6. The number of halogens is 4. The van der Waals surface area contributed by atoms with Crippen LogP contribution in [0.25, 0.3) is 33.7 Å². The molecule has 2 aliphatic rings. The zero-order chi connectivity index (χ0) is 44.7. The van der Waals surface area contributed by atoms with Crippen LogP contribution in [0.5, 0.6) is 0 Å². The standard InChI is InChI=1S/C43H58F4N10O4/c1-22(2)35(52-39(58)23(3)48-8)41(60)54-18-27(46)14-29(54)20-56-33-12-10-25(44)16-31(33)50-37(56)38-51-32-17-26(45)11-13-34(32)57(38)21-30-15-28(47)19-55(30)42(61)36(43(5,6)7)53-40(59)24(4)49-9/h10-13,16-17,22-24,27-30,35-36,48-49H,14-15,18-21H2,1-9H3,(H,52,58)(H,53,59)/t23-,24-,27?,28?,29+,30+,35-,36+/m1/s1. The second-order valence-corrected chi connectivity index (χ2v) is 17.9. The summed E-state index contributed by atoms with van der Waals surface area (Å²) in [6, 6.07) is 3.47. The molecule has 14 nitrogen and oxygen atoms in total. The molecule has 4 aromatic rings. The van der Waals surface area contributed by atoms with E-state index in [9.17, 15) is 28.0 Å². The second-order valence-electron chi connectivity index (χ2n) is 17.9. The minimum Gasteiger partial charge on any atom is -0.343 e. The maximum atomic E-state index is 15.5. The number of nitrogens with one attached hydrogen (secondary N) is 4. The van der Waals surface area contributed by atoms with Gasteiger partial charge in [0.05, 0.1) is 59.3 Å². The lowest BCUT2D eigenvalue weighted by Crippen LogP contribution is -2.58. The summed E-state index contributed by atoms with van der Waals surface area (Å²) < 4.78 is 64.1. The maximum Gasteiger partial charge on any atom is 0.246 e. The Morgan fingerprint density at radius 3 is 1.54 bits per heavy atom. The van der Waals surface area contributed by atoms with Gasteiger partial charge in [0.15, 0.2) is 11.6 Å². The van der Waals surface area contributed by atoms with Crippen molar-refractivity contribution in [3.05, 3.63) is 48.0 Å². The van der Waals surface area contributed by atoms with E-state index >= 15 is 8.78 Å². The Hall–Kier alpha value is -5.10. The molecule has 0 aliphatic carbocycles. The molecule has 0 bridgehead atoms. The molecule has 2 aromatic carbocycles. The molecule has 2 fully saturated rings. The van der Waals surface area contributed by atoms with Crippen molar-refractivity contribution in [2.75, 3.05) is 27.2 Å². The van der Waals surface area contributed by atoms with Crippen molar-refractivity contribution in [2.45, 2.75) is 123 Å². The summed E-state index contributed by atoms with van der Waals surface area (Å²) in [6.07, 6.45) is -2.83. The van der Waals surface area contributed by atoms with Crippen LogP contribution in [0.1, 0.15) is 61.3 Å². The van der Waals surface area contributed by atoms with Crippen LogP contribution < -0.4 is 21.3 Å². The lowest BCUT2D eigenvalue weighted by molar-refractivity contribution is -0.140. The van der Waals surface area contributed by atoms with E-state index in [4.69, 9.17) is 9.97 Å². The zero-order valence-corrected chi connectivity index (χ0v) is 36.2. The summed E-state index contributed by atoms with van der Waals surface area (Å²) in [6.45, 7) is 11.9. The Bertz CT molecular complexity index is 2270. The summed E-state index contributed by atoms with van der Waals surface area (Å²) in [4.78, 5) is 67.1. The zero-order valence-electron chi connectivity index (χ0n) is 36.2. The van der Waals surface area contributed by atoms with Gasteiger partial charge in [-0.05, 0) is 63.5 Å². The monoisotopic (exact) mass is 854 g/mol. The van der Waals surface area contributed by atoms with E-state index in [2.05, 4.69) is 21.3 Å². The van der Waals surface area contributed by atoms with Crippen LogP contribution in [0.15, 0.2) is 36.4 Å². The molecular weight excluding hydrogens is 797 g/mol. The average molecular weight is 855 g/mol. The van der Waals surface area contributed by atoms with Gasteiger partial charge in [-0.25, -0.2) is 27.5 Å². The van der Waals surface area contributed by atoms with E-state index in [1.807, 2.05) is 20.8 Å². The number of hydrogen-bond donors (Lipinski definition) is 4. The molecule has 0 spiro atoms. The number of benzene rings is 2. The number of imidazole rings is 2. The molecule has 2 aliphatic heterocycles. The summed E-state index contributed by atoms with van der Waals surface area (Å²) in [5.74, 6) is -2.76. The van der Waals surface area contributed by atoms with Gasteiger partial charge in [0.1, 0.15) is 36.1 Å². The van der Waals surface area contributed by atoms with Crippen molar-refractivity contribution < 1.29 is 36.7 Å². The maximum absolute atomic E-state index is 15.5. The van der Waals surface area contributed by atoms with Crippen molar-refractivity contribution in [1.29, 1.82) is 0 Å². The predicted molar refractivity (Wildman–Crippen MR) is 224 cm³/mol. The molecule has 2 aromatic heterocycles. The van der Waals surface area contributed by atoms with Gasteiger partial charge in [0, 0.05) is 38.1 Å². The van der Waals surface area contributed by atoms with Crippen molar-refractivity contribution in [1.82, 2.24) is 50.2 Å². The quantitative estimate of drug-likeness (QED) is 0.138. The molecular formula is C43H58F4N10O4. The van der Waals surface area contributed by atoms with Crippen LogP contribution in [-0.4, -0.2) is 128 Å². The number of likely N-dealkylation sites (tertiary alicyclic amines) is 2. The fourth-order valence-electron chi connectivity index (χ4n) is 8.26. The van der Waals surface area contributed by atoms with E-state index < -0.39 is 83.4 Å². The Labute approximate surface area is 353 Å². The van der Waals surface area contributed by atoms with E-state index in [0.29, 0.717) is 11.0 Å². The van der Waals surface area contributed by atoms with Gasteiger partial charge in [-0.15, -0.1) is 0 Å². The van der Waals surface area contributed by atoms with Crippen LogP contribution in [0.4, 0.5) is 17.6 Å². The van der Waals surface area contributed by atoms with Crippen molar-refractivity contribution in [3.8, 4) is 11.6 Å². The first-order valence-electron chi connectivity index (χ1n) is 20.9. The molecule has 4 N–H and O–H groups in total. The fraction of sp³-hybridized carbons (Fsp3) is 0.581.